The molecule has 3 N–H and O–H groups in total. The molecule has 0 saturated carbocycles. The molecule has 0 aromatic heterocycles. The quantitative estimate of drug-likeness (QED) is 0.104. The van der Waals surface area contributed by atoms with E-state index in [-0.39, 0.29) is 24.8 Å². The zero-order valence-electron chi connectivity index (χ0n) is 24.7. The van der Waals surface area contributed by atoms with Gasteiger partial charge in [-0.1, -0.05) is 88.7 Å². The number of hydrogen-bond donors (Lipinski definition) is 3. The average Bonchev–Trinajstić information content (AvgIpc) is 3.46. The number of nitrogens with one attached hydrogen (secondary N) is 2. The Morgan fingerprint density at radius 1 is 1.00 bits per heavy atom. The smallest absolute Gasteiger partial charge is 0.266 e. The van der Waals surface area contributed by atoms with E-state index < -0.39 is 11.6 Å². The number of aliphatic imine (C=N–C) groups is 1. The maximum atomic E-state index is 14.2. The third-order valence-corrected chi connectivity index (χ3v) is 7.95. The Balaban J connectivity index is 1.45. The summed E-state index contributed by atoms with van der Waals surface area (Å²) in [5.74, 6) is 0.330. The summed E-state index contributed by atoms with van der Waals surface area (Å²) in [6.45, 7) is 0.779. The highest BCUT2D eigenvalue weighted by Crippen LogP contribution is 2.43. The van der Waals surface area contributed by atoms with Crippen LogP contribution in [0, 0.1) is 5.82 Å². The van der Waals surface area contributed by atoms with Gasteiger partial charge in [0.2, 0.25) is 5.90 Å². The highest BCUT2D eigenvalue weighted by molar-refractivity contribution is 9.10. The Kier molecular flexibility index (Phi) is 11.1. The molecule has 0 fully saturated rings. The van der Waals surface area contributed by atoms with E-state index in [1.165, 1.54) is 6.07 Å². The number of nitrogens with zero attached hydrogens (tertiary/aromatic N) is 1. The summed E-state index contributed by atoms with van der Waals surface area (Å²) < 4.78 is 27.3. The fourth-order valence-corrected chi connectivity index (χ4v) is 5.31. The molecule has 5 rings (SSSR count). The van der Waals surface area contributed by atoms with Crippen molar-refractivity contribution in [1.82, 2.24) is 10.9 Å². The number of aliphatic hydroxyl groups excluding tert-OH is 1. The maximum absolute atomic E-state index is 14.2. The molecule has 232 valence electrons. The van der Waals surface area contributed by atoms with Gasteiger partial charge < -0.3 is 14.6 Å². The standard InChI is InChI=1S/C36H35BrFN3O4/c37-30-17-13-28(14-18-30)33-36(22-6-10-26-8-2-1-3-9-26,35(43)41-39-23-21-27-11-4-5-12-32(27)38)40-34(45-33)29-15-19-31(20-16-29)44-25-7-24-42/h1-6,8-20,33,39,42H,7,21-25H2,(H,41,43)/b10-6+/t33-,36-/m0/s1. The Morgan fingerprint density at radius 3 is 2.47 bits per heavy atom. The van der Waals surface area contributed by atoms with E-state index in [1.807, 2.05) is 91.0 Å². The third kappa shape index (κ3) is 8.25. The lowest BCUT2D eigenvalue weighted by atomic mass is 9.84. The summed E-state index contributed by atoms with van der Waals surface area (Å²) in [7, 11) is 0. The van der Waals surface area contributed by atoms with E-state index in [0.29, 0.717) is 48.8 Å². The molecule has 2 atom stereocenters. The van der Waals surface area contributed by atoms with Crippen LogP contribution in [0.15, 0.2) is 119 Å². The molecule has 0 spiro atoms. The van der Waals surface area contributed by atoms with Gasteiger partial charge in [-0.25, -0.2) is 14.8 Å². The maximum Gasteiger partial charge on any atom is 0.266 e. The van der Waals surface area contributed by atoms with Crippen LogP contribution in [0.3, 0.4) is 0 Å². The van der Waals surface area contributed by atoms with Crippen LogP contribution < -0.4 is 15.6 Å². The second-order valence-corrected chi connectivity index (χ2v) is 11.5. The predicted octanol–water partition coefficient (Wildman–Crippen LogP) is 6.57. The van der Waals surface area contributed by atoms with Crippen molar-refractivity contribution in [3.8, 4) is 5.75 Å². The zero-order chi connectivity index (χ0) is 31.5. The van der Waals surface area contributed by atoms with E-state index in [1.54, 1.807) is 18.2 Å². The van der Waals surface area contributed by atoms with Crippen LogP contribution in [0.2, 0.25) is 0 Å². The van der Waals surface area contributed by atoms with Gasteiger partial charge in [0.15, 0.2) is 11.6 Å². The fraction of sp³-hybridized carbons (Fsp3) is 0.222. The predicted molar refractivity (Wildman–Crippen MR) is 177 cm³/mol. The van der Waals surface area contributed by atoms with Gasteiger partial charge >= 0.3 is 0 Å². The molecule has 4 aromatic rings. The van der Waals surface area contributed by atoms with Gasteiger partial charge in [0.25, 0.3) is 5.91 Å². The second-order valence-electron chi connectivity index (χ2n) is 10.6. The summed E-state index contributed by atoms with van der Waals surface area (Å²) in [6.07, 6.45) is 4.33. The number of ether oxygens (including phenoxy) is 2. The molecule has 1 heterocycles. The molecule has 0 radical (unpaired) electrons. The largest absolute Gasteiger partial charge is 0.494 e. The first-order valence-corrected chi connectivity index (χ1v) is 15.6. The number of carbonyl (C=O) groups is 1. The Bertz CT molecular complexity index is 1610. The molecule has 1 aliphatic heterocycles. The van der Waals surface area contributed by atoms with Crippen molar-refractivity contribution in [2.45, 2.75) is 30.9 Å². The van der Waals surface area contributed by atoms with E-state index in [9.17, 15) is 9.18 Å². The van der Waals surface area contributed by atoms with Crippen LogP contribution in [-0.4, -0.2) is 42.2 Å². The summed E-state index contributed by atoms with van der Waals surface area (Å²) >= 11 is 3.50. The first kappa shape index (κ1) is 32.1. The minimum Gasteiger partial charge on any atom is -0.494 e. The lowest BCUT2D eigenvalue weighted by molar-refractivity contribution is -0.129. The van der Waals surface area contributed by atoms with Crippen molar-refractivity contribution in [1.29, 1.82) is 0 Å². The number of carbonyl (C=O) groups excluding carboxylic acids is 1. The highest BCUT2D eigenvalue weighted by Gasteiger charge is 2.52. The van der Waals surface area contributed by atoms with Crippen molar-refractivity contribution in [2.24, 2.45) is 4.99 Å². The summed E-state index contributed by atoms with van der Waals surface area (Å²) in [5, 5.41) is 9.05. The molecule has 1 amide bonds. The monoisotopic (exact) mass is 671 g/mol. The van der Waals surface area contributed by atoms with Crippen LogP contribution >= 0.6 is 15.9 Å². The zero-order valence-corrected chi connectivity index (χ0v) is 26.3. The van der Waals surface area contributed by atoms with Gasteiger partial charge in [-0.2, -0.15) is 0 Å². The fourth-order valence-electron chi connectivity index (χ4n) is 5.04. The van der Waals surface area contributed by atoms with Crippen LogP contribution in [0.1, 0.15) is 41.2 Å². The Hall–Kier alpha value is -4.31. The van der Waals surface area contributed by atoms with Crippen molar-refractivity contribution < 1.29 is 23.8 Å². The average molecular weight is 673 g/mol. The lowest BCUT2D eigenvalue weighted by Gasteiger charge is -2.30. The van der Waals surface area contributed by atoms with Crippen LogP contribution in [0.25, 0.3) is 6.08 Å². The molecule has 4 aromatic carbocycles. The number of benzene rings is 4. The summed E-state index contributed by atoms with van der Waals surface area (Å²) in [6, 6.07) is 31.4. The molecule has 0 unspecified atom stereocenters. The topological polar surface area (TPSA) is 92.2 Å². The molecule has 9 heteroatoms. The van der Waals surface area contributed by atoms with E-state index in [0.717, 1.165) is 15.6 Å². The normalized spacial score (nSPS) is 17.6. The molecular formula is C36H35BrFN3O4. The van der Waals surface area contributed by atoms with Gasteiger partial charge in [0.1, 0.15) is 11.6 Å². The van der Waals surface area contributed by atoms with Crippen molar-refractivity contribution in [3.05, 3.63) is 142 Å². The minimum atomic E-state index is -1.37. The minimum absolute atomic E-state index is 0.0566. The molecule has 0 saturated heterocycles. The molecule has 0 aliphatic carbocycles. The number of amides is 1. The second kappa shape index (κ2) is 15.6. The lowest BCUT2D eigenvalue weighted by Crippen LogP contribution is -2.52. The molecular weight excluding hydrogens is 637 g/mol. The van der Waals surface area contributed by atoms with Gasteiger partial charge in [-0.3, -0.25) is 10.2 Å². The van der Waals surface area contributed by atoms with E-state index in [2.05, 4.69) is 26.8 Å². The van der Waals surface area contributed by atoms with Gasteiger partial charge in [-0.05, 0) is 65.6 Å². The molecule has 45 heavy (non-hydrogen) atoms. The van der Waals surface area contributed by atoms with E-state index >= 15 is 0 Å². The first-order chi connectivity index (χ1) is 22.0. The summed E-state index contributed by atoms with van der Waals surface area (Å²) in [5.41, 5.74) is 7.49. The number of rotatable bonds is 14. The third-order valence-electron chi connectivity index (χ3n) is 7.42. The number of halogens is 2. The van der Waals surface area contributed by atoms with Crippen LogP contribution in [0.4, 0.5) is 4.39 Å². The van der Waals surface area contributed by atoms with E-state index in [4.69, 9.17) is 19.6 Å². The van der Waals surface area contributed by atoms with Gasteiger partial charge in [0, 0.05) is 36.0 Å². The van der Waals surface area contributed by atoms with Crippen LogP contribution in [-0.2, 0) is 16.0 Å². The van der Waals surface area contributed by atoms with Crippen molar-refractivity contribution in [2.75, 3.05) is 19.8 Å². The number of hydrogen-bond acceptors (Lipinski definition) is 6. The van der Waals surface area contributed by atoms with Gasteiger partial charge in [0.05, 0.1) is 6.61 Å². The molecule has 1 aliphatic rings. The Labute approximate surface area is 270 Å². The SMILES string of the molecule is O=C(NNCCc1ccccc1F)[C@@]1(C/C=C/c2ccccc2)N=C(c2ccc(OCCCO)cc2)O[C@H]1c1ccc(Br)cc1. The van der Waals surface area contributed by atoms with Crippen molar-refractivity contribution >= 4 is 33.8 Å². The van der Waals surface area contributed by atoms with Crippen molar-refractivity contribution in [3.63, 3.8) is 0 Å². The Morgan fingerprint density at radius 2 is 1.73 bits per heavy atom. The highest BCUT2D eigenvalue weighted by atomic mass is 79.9. The summed E-state index contributed by atoms with van der Waals surface area (Å²) in [4.78, 5) is 19.2. The molecule has 0 bridgehead atoms. The molecule has 7 nitrogen and oxygen atoms in total. The first-order valence-electron chi connectivity index (χ1n) is 14.8. The number of hydrazine groups is 1. The number of aliphatic hydroxyl groups is 1. The van der Waals surface area contributed by atoms with Crippen LogP contribution in [0.5, 0.6) is 5.75 Å². The van der Waals surface area contributed by atoms with Gasteiger partial charge in [-0.15, -0.1) is 0 Å².